The summed E-state index contributed by atoms with van der Waals surface area (Å²) in [5.74, 6) is -0.742. The molecule has 1 aromatic heterocycles. The van der Waals surface area contributed by atoms with Crippen LogP contribution >= 0.6 is 0 Å². The molecule has 1 heterocycles. The van der Waals surface area contributed by atoms with Crippen molar-refractivity contribution in [2.75, 3.05) is 0 Å². The van der Waals surface area contributed by atoms with Crippen LogP contribution in [0.1, 0.15) is 25.3 Å². The number of hydrogen-bond acceptors (Lipinski definition) is 1. The van der Waals surface area contributed by atoms with Gasteiger partial charge in [-0.1, -0.05) is 19.1 Å². The molecule has 2 aromatic rings. The van der Waals surface area contributed by atoms with Gasteiger partial charge in [-0.3, -0.25) is 4.79 Å². The van der Waals surface area contributed by atoms with Crippen LogP contribution in [0.3, 0.4) is 0 Å². The Kier molecular flexibility index (Phi) is 3.47. The van der Waals surface area contributed by atoms with Crippen molar-refractivity contribution in [1.29, 1.82) is 0 Å². The first kappa shape index (κ1) is 11.7. The van der Waals surface area contributed by atoms with Gasteiger partial charge in [0.15, 0.2) is 0 Å². The summed E-state index contributed by atoms with van der Waals surface area (Å²) in [6.45, 7) is 3.16. The number of carboxylic acid groups (broad SMARTS) is 1. The van der Waals surface area contributed by atoms with Crippen LogP contribution in [0.5, 0.6) is 0 Å². The molecule has 0 spiro atoms. The van der Waals surface area contributed by atoms with Gasteiger partial charge in [-0.2, -0.15) is 0 Å². The van der Waals surface area contributed by atoms with E-state index >= 15 is 0 Å². The van der Waals surface area contributed by atoms with Crippen LogP contribution in [0.15, 0.2) is 30.5 Å². The van der Waals surface area contributed by atoms with E-state index < -0.39 is 5.97 Å². The van der Waals surface area contributed by atoms with E-state index in [-0.39, 0.29) is 6.42 Å². The van der Waals surface area contributed by atoms with Gasteiger partial charge < -0.3 is 9.67 Å². The molecule has 0 aliphatic rings. The molecular weight excluding hydrogens is 214 g/mol. The van der Waals surface area contributed by atoms with E-state index in [1.165, 1.54) is 10.9 Å². The number of hydrogen-bond donors (Lipinski definition) is 1. The lowest BCUT2D eigenvalue weighted by molar-refractivity contribution is -0.136. The van der Waals surface area contributed by atoms with Gasteiger partial charge in [0, 0.05) is 24.7 Å². The molecule has 0 atom stereocenters. The van der Waals surface area contributed by atoms with E-state index in [2.05, 4.69) is 35.9 Å². The Morgan fingerprint density at radius 3 is 2.88 bits per heavy atom. The normalized spacial score (nSPS) is 10.9. The first-order valence-electron chi connectivity index (χ1n) is 6.00. The maximum Gasteiger partial charge on any atom is 0.303 e. The third-order valence-electron chi connectivity index (χ3n) is 2.93. The average molecular weight is 231 g/mol. The fourth-order valence-corrected chi connectivity index (χ4v) is 2.07. The van der Waals surface area contributed by atoms with Crippen molar-refractivity contribution in [2.45, 2.75) is 32.7 Å². The minimum Gasteiger partial charge on any atom is -0.481 e. The summed E-state index contributed by atoms with van der Waals surface area (Å²) in [4.78, 5) is 10.6. The predicted octanol–water partition coefficient (Wildman–Crippen LogP) is 3.07. The van der Waals surface area contributed by atoms with Crippen LogP contribution in [-0.4, -0.2) is 15.6 Å². The molecule has 3 heteroatoms. The second kappa shape index (κ2) is 5.04. The molecule has 0 aliphatic heterocycles. The molecule has 0 unspecified atom stereocenters. The van der Waals surface area contributed by atoms with Crippen LogP contribution in [-0.2, 0) is 17.8 Å². The molecule has 90 valence electrons. The zero-order valence-electron chi connectivity index (χ0n) is 10.0. The summed E-state index contributed by atoms with van der Waals surface area (Å²) in [6, 6.07) is 8.29. The minimum atomic E-state index is -0.742. The molecule has 0 aliphatic carbocycles. The lowest BCUT2D eigenvalue weighted by atomic mass is 10.1. The van der Waals surface area contributed by atoms with Crippen LogP contribution in [0.25, 0.3) is 10.9 Å². The van der Waals surface area contributed by atoms with Crippen molar-refractivity contribution >= 4 is 16.9 Å². The molecular formula is C14H17NO2. The topological polar surface area (TPSA) is 42.2 Å². The summed E-state index contributed by atoms with van der Waals surface area (Å²) in [5, 5.41) is 9.90. The lowest BCUT2D eigenvalue weighted by Gasteiger charge is -2.05. The quantitative estimate of drug-likeness (QED) is 0.859. The molecule has 0 fully saturated rings. The maximum absolute atomic E-state index is 10.6. The van der Waals surface area contributed by atoms with Crippen LogP contribution < -0.4 is 0 Å². The first-order valence-corrected chi connectivity index (χ1v) is 6.00. The molecule has 0 amide bonds. The molecule has 0 radical (unpaired) electrons. The Labute approximate surface area is 101 Å². The van der Waals surface area contributed by atoms with E-state index in [1.807, 2.05) is 6.07 Å². The summed E-state index contributed by atoms with van der Waals surface area (Å²) < 4.78 is 2.22. The van der Waals surface area contributed by atoms with Gasteiger partial charge in [0.1, 0.15) is 0 Å². The fourth-order valence-electron chi connectivity index (χ4n) is 2.07. The van der Waals surface area contributed by atoms with Gasteiger partial charge in [0.25, 0.3) is 0 Å². The zero-order valence-corrected chi connectivity index (χ0v) is 10.0. The largest absolute Gasteiger partial charge is 0.481 e. The van der Waals surface area contributed by atoms with Crippen molar-refractivity contribution in [3.63, 3.8) is 0 Å². The summed E-state index contributed by atoms with van der Waals surface area (Å²) in [5.41, 5.74) is 2.30. The van der Waals surface area contributed by atoms with Crippen LogP contribution in [0.2, 0.25) is 0 Å². The molecule has 2 rings (SSSR count). The SMILES string of the molecule is CCCn1ccc2ccc(CCC(=O)O)cc21. The highest BCUT2D eigenvalue weighted by molar-refractivity contribution is 5.81. The van der Waals surface area contributed by atoms with Crippen LogP contribution in [0, 0.1) is 0 Å². The Bertz CT molecular complexity index is 528. The summed E-state index contributed by atoms with van der Waals surface area (Å²) in [6.07, 6.45) is 3.99. The van der Waals surface area contributed by atoms with Gasteiger partial charge in [0.2, 0.25) is 0 Å². The van der Waals surface area contributed by atoms with Crippen LogP contribution in [0.4, 0.5) is 0 Å². The molecule has 0 saturated heterocycles. The van der Waals surface area contributed by atoms with E-state index in [9.17, 15) is 4.79 Å². The predicted molar refractivity (Wildman–Crippen MR) is 68.2 cm³/mol. The van der Waals surface area contributed by atoms with Crippen molar-refractivity contribution in [2.24, 2.45) is 0 Å². The molecule has 0 bridgehead atoms. The van der Waals surface area contributed by atoms with Crippen molar-refractivity contribution in [1.82, 2.24) is 4.57 Å². The van der Waals surface area contributed by atoms with E-state index in [1.54, 1.807) is 0 Å². The number of fused-ring (bicyclic) bond motifs is 1. The van der Waals surface area contributed by atoms with Gasteiger partial charge in [-0.25, -0.2) is 0 Å². The highest BCUT2D eigenvalue weighted by Crippen LogP contribution is 2.19. The minimum absolute atomic E-state index is 0.194. The Hall–Kier alpha value is -1.77. The van der Waals surface area contributed by atoms with Crippen molar-refractivity contribution in [3.05, 3.63) is 36.0 Å². The number of carbonyl (C=O) groups is 1. The van der Waals surface area contributed by atoms with Gasteiger partial charge in [-0.15, -0.1) is 0 Å². The van der Waals surface area contributed by atoms with Gasteiger partial charge >= 0.3 is 5.97 Å². The molecule has 0 saturated carbocycles. The molecule has 17 heavy (non-hydrogen) atoms. The van der Waals surface area contributed by atoms with Crippen molar-refractivity contribution < 1.29 is 9.90 Å². The number of rotatable bonds is 5. The van der Waals surface area contributed by atoms with Gasteiger partial charge in [0.05, 0.1) is 0 Å². The average Bonchev–Trinajstić information content (AvgIpc) is 2.70. The van der Waals surface area contributed by atoms with Gasteiger partial charge in [-0.05, 0) is 35.9 Å². The monoisotopic (exact) mass is 231 g/mol. The smallest absolute Gasteiger partial charge is 0.303 e. The molecule has 1 N–H and O–H groups in total. The van der Waals surface area contributed by atoms with E-state index in [4.69, 9.17) is 5.11 Å². The maximum atomic E-state index is 10.6. The lowest BCUT2D eigenvalue weighted by Crippen LogP contribution is -1.98. The first-order chi connectivity index (χ1) is 8.20. The molecule has 3 nitrogen and oxygen atoms in total. The number of aliphatic carboxylic acids is 1. The Morgan fingerprint density at radius 2 is 2.18 bits per heavy atom. The van der Waals surface area contributed by atoms with Crippen molar-refractivity contribution in [3.8, 4) is 0 Å². The molecule has 1 aromatic carbocycles. The van der Waals surface area contributed by atoms with E-state index in [0.717, 1.165) is 18.5 Å². The third-order valence-corrected chi connectivity index (χ3v) is 2.93. The second-order valence-corrected chi connectivity index (χ2v) is 4.30. The standard InChI is InChI=1S/C14H17NO2/c1-2-8-15-9-7-12-5-3-11(10-13(12)15)4-6-14(16)17/h3,5,7,9-10H,2,4,6,8H2,1H3,(H,16,17). The zero-order chi connectivity index (χ0) is 12.3. The second-order valence-electron chi connectivity index (χ2n) is 4.30. The number of carboxylic acids is 1. The van der Waals surface area contributed by atoms with E-state index in [0.29, 0.717) is 6.42 Å². The summed E-state index contributed by atoms with van der Waals surface area (Å²) >= 11 is 0. The number of nitrogens with zero attached hydrogens (tertiary/aromatic N) is 1. The summed E-state index contributed by atoms with van der Waals surface area (Å²) in [7, 11) is 0. The number of aromatic nitrogens is 1. The Balaban J connectivity index is 2.27. The number of benzene rings is 1. The number of aryl methyl sites for hydroxylation is 2. The fraction of sp³-hybridized carbons (Fsp3) is 0.357. The Morgan fingerprint density at radius 1 is 1.35 bits per heavy atom. The highest BCUT2D eigenvalue weighted by Gasteiger charge is 2.03. The highest BCUT2D eigenvalue weighted by atomic mass is 16.4. The third kappa shape index (κ3) is 2.67.